The molecule has 1 fully saturated rings. The maximum absolute atomic E-state index is 14.6. The fraction of sp³-hybridized carbons (Fsp3) is 0.600. The third kappa shape index (κ3) is 15.3. The second-order valence-corrected chi connectivity index (χ2v) is 19.6. The number of benzene rings is 1. The van der Waals surface area contributed by atoms with Crippen molar-refractivity contribution in [2.24, 2.45) is 23.7 Å². The second-order valence-electron chi connectivity index (χ2n) is 19.2. The van der Waals surface area contributed by atoms with Crippen molar-refractivity contribution in [3.05, 3.63) is 53.3 Å². The Morgan fingerprint density at radius 1 is 0.849 bits per heavy atom. The van der Waals surface area contributed by atoms with Gasteiger partial charge in [0.15, 0.2) is 0 Å². The number of hydrogen-bond donors (Lipinski definition) is 4. The zero-order valence-electron chi connectivity index (χ0n) is 43.5. The Kier molecular flexibility index (Phi) is 21.9. The monoisotopic (exact) mass is 1040 g/mol. The first-order chi connectivity index (χ1) is 34.4. The van der Waals surface area contributed by atoms with E-state index in [1.54, 1.807) is 70.8 Å². The molecule has 0 saturated carbocycles. The van der Waals surface area contributed by atoms with Crippen LogP contribution in [0.4, 0.5) is 11.9 Å². The third-order valence-electron chi connectivity index (χ3n) is 13.5. The van der Waals surface area contributed by atoms with Gasteiger partial charge >= 0.3 is 5.97 Å². The summed E-state index contributed by atoms with van der Waals surface area (Å²) in [6.07, 6.45) is 1.48. The molecule has 0 spiro atoms. The molecule has 23 heteroatoms. The third-order valence-corrected chi connectivity index (χ3v) is 13.7. The van der Waals surface area contributed by atoms with E-state index in [-0.39, 0.29) is 43.5 Å². The number of aliphatic carboxylic acids is 1. The van der Waals surface area contributed by atoms with Crippen molar-refractivity contribution in [3.8, 4) is 0 Å². The van der Waals surface area contributed by atoms with Crippen LogP contribution in [0.1, 0.15) is 92.6 Å². The van der Waals surface area contributed by atoms with Crippen molar-refractivity contribution in [3.63, 3.8) is 0 Å². The molecule has 2 aliphatic rings. The molecule has 2 unspecified atom stereocenters. The van der Waals surface area contributed by atoms with Crippen LogP contribution in [-0.4, -0.2) is 165 Å². The van der Waals surface area contributed by atoms with Gasteiger partial charge in [-0.2, -0.15) is 15.0 Å². The smallest absolute Gasteiger partial charge is 0.326 e. The van der Waals surface area contributed by atoms with Crippen molar-refractivity contribution >= 4 is 76.7 Å². The Morgan fingerprint density at radius 2 is 1.49 bits per heavy atom. The number of ether oxygens (including phenoxy) is 2. The maximum Gasteiger partial charge on any atom is 0.326 e. The summed E-state index contributed by atoms with van der Waals surface area (Å²) in [4.78, 5) is 136. The average molecular weight is 1040 g/mol. The summed E-state index contributed by atoms with van der Waals surface area (Å²) >= 11 is 5.97. The van der Waals surface area contributed by atoms with E-state index in [2.05, 4.69) is 30.9 Å². The topological polar surface area (TPSA) is 280 Å². The van der Waals surface area contributed by atoms with E-state index in [1.165, 1.54) is 31.1 Å². The molecule has 2 aliphatic heterocycles. The first kappa shape index (κ1) is 59.2. The Bertz CT molecular complexity index is 2340. The number of nitrogens with zero attached hydrogens (tertiary/aromatic N) is 7. The van der Waals surface area contributed by atoms with E-state index in [0.29, 0.717) is 30.7 Å². The molecule has 1 saturated heterocycles. The number of likely N-dealkylation sites (N-methyl/N-ethyl adjacent to an activating group) is 2. The van der Waals surface area contributed by atoms with Crippen LogP contribution in [0.25, 0.3) is 0 Å². The van der Waals surface area contributed by atoms with Gasteiger partial charge in [-0.25, -0.2) is 9.69 Å². The van der Waals surface area contributed by atoms with Gasteiger partial charge in [-0.05, 0) is 47.8 Å². The number of aromatic nitrogens is 3. The van der Waals surface area contributed by atoms with Crippen LogP contribution in [0, 0.1) is 23.7 Å². The molecular weight excluding hydrogens is 968 g/mol. The van der Waals surface area contributed by atoms with Crippen LogP contribution in [0.15, 0.2) is 42.5 Å². The zero-order chi connectivity index (χ0) is 54.4. The first-order valence-corrected chi connectivity index (χ1v) is 24.9. The molecule has 0 radical (unpaired) electrons. The molecule has 0 aliphatic carbocycles. The number of imide groups is 1. The lowest BCUT2D eigenvalue weighted by atomic mass is 9.89. The molecule has 9 atom stereocenters. The Balaban J connectivity index is 1.43. The van der Waals surface area contributed by atoms with Crippen LogP contribution >= 0.6 is 11.6 Å². The largest absolute Gasteiger partial charge is 0.480 e. The zero-order valence-corrected chi connectivity index (χ0v) is 44.3. The van der Waals surface area contributed by atoms with Gasteiger partial charge in [-0.1, -0.05) is 85.2 Å². The molecule has 3 heterocycles. The van der Waals surface area contributed by atoms with Crippen LogP contribution in [-0.2, 0) is 59.0 Å². The summed E-state index contributed by atoms with van der Waals surface area (Å²) in [7, 11) is 5.95. The number of hydrogen-bond acceptors (Lipinski definition) is 14. The van der Waals surface area contributed by atoms with Crippen molar-refractivity contribution in [2.45, 2.75) is 136 Å². The summed E-state index contributed by atoms with van der Waals surface area (Å²) in [5.41, 5.74) is 0.745. The van der Waals surface area contributed by atoms with Crippen LogP contribution in [0.2, 0.25) is 5.28 Å². The van der Waals surface area contributed by atoms with E-state index in [0.717, 1.165) is 17.7 Å². The Hall–Kier alpha value is -6.39. The molecule has 1 aromatic heterocycles. The molecular formula is C50H71ClN10O12. The van der Waals surface area contributed by atoms with E-state index < -0.39 is 119 Å². The van der Waals surface area contributed by atoms with Crippen LogP contribution < -0.4 is 20.9 Å². The summed E-state index contributed by atoms with van der Waals surface area (Å²) < 4.78 is 11.9. The fourth-order valence-corrected chi connectivity index (χ4v) is 9.54. The molecule has 4 N–H and O–H groups in total. The van der Waals surface area contributed by atoms with Crippen molar-refractivity contribution in [1.82, 2.24) is 40.3 Å². The molecule has 0 bridgehead atoms. The SMILES string of the molecule is CC[C@H](C)C([C@@H](CC(=O)N1CCC[C@H]1[C@H](OC)[C@@H](C)C(=O)N[C@@H](Cc1ccccc1)C(=O)O)OC)N(C)C(=O)[C@@H](NC(=O)C(C(C)C)N(C)C(=O)CCC(=O)Nc1nc(Cl)nc(N2C(=O)C=CC2=O)n1)C(C)C. The number of halogens is 1. The summed E-state index contributed by atoms with van der Waals surface area (Å²) in [5.74, 6) is -8.39. The first-order valence-electron chi connectivity index (χ1n) is 24.5. The van der Waals surface area contributed by atoms with Gasteiger partial charge in [0.2, 0.25) is 52.6 Å². The van der Waals surface area contributed by atoms with Crippen molar-refractivity contribution in [1.29, 1.82) is 0 Å². The number of likely N-dealkylation sites (tertiary alicyclic amines) is 1. The number of methoxy groups -OCH3 is 2. The Morgan fingerprint density at radius 3 is 2.05 bits per heavy atom. The molecule has 4 rings (SSSR count). The van der Waals surface area contributed by atoms with E-state index in [1.807, 2.05) is 19.9 Å². The van der Waals surface area contributed by atoms with Crippen LogP contribution in [0.3, 0.4) is 0 Å². The van der Waals surface area contributed by atoms with Gasteiger partial charge in [0.1, 0.15) is 18.1 Å². The maximum atomic E-state index is 14.6. The van der Waals surface area contributed by atoms with Gasteiger partial charge in [-0.15, -0.1) is 0 Å². The molecule has 22 nitrogen and oxygen atoms in total. The molecule has 2 aromatic rings. The minimum atomic E-state index is -1.18. The van der Waals surface area contributed by atoms with Gasteiger partial charge in [0.05, 0.1) is 36.6 Å². The Labute approximate surface area is 431 Å². The minimum absolute atomic E-state index is 0.0828. The van der Waals surface area contributed by atoms with Gasteiger partial charge in [-0.3, -0.25) is 43.7 Å². The lowest BCUT2D eigenvalue weighted by molar-refractivity contribution is -0.149. The van der Waals surface area contributed by atoms with Crippen molar-refractivity contribution in [2.75, 3.05) is 45.1 Å². The lowest BCUT2D eigenvalue weighted by Crippen LogP contribution is -2.60. The lowest BCUT2D eigenvalue weighted by Gasteiger charge is -2.41. The number of carboxylic acids is 1. The van der Waals surface area contributed by atoms with Gasteiger partial charge in [0.25, 0.3) is 11.8 Å². The quantitative estimate of drug-likeness (QED) is 0.0986. The second kappa shape index (κ2) is 27.1. The van der Waals surface area contributed by atoms with Gasteiger partial charge in [0, 0.05) is 66.3 Å². The average Bonchev–Trinajstić information content (AvgIpc) is 3.97. The van der Waals surface area contributed by atoms with E-state index >= 15 is 0 Å². The van der Waals surface area contributed by atoms with E-state index in [4.69, 9.17) is 21.1 Å². The van der Waals surface area contributed by atoms with E-state index in [9.17, 15) is 48.3 Å². The predicted octanol–water partition coefficient (Wildman–Crippen LogP) is 3.03. The number of nitrogens with one attached hydrogen (secondary N) is 3. The predicted molar refractivity (Wildman–Crippen MR) is 268 cm³/mol. The highest BCUT2D eigenvalue weighted by atomic mass is 35.5. The number of carbonyl (C=O) groups is 9. The summed E-state index contributed by atoms with van der Waals surface area (Å²) in [5, 5.41) is 17.5. The molecule has 400 valence electrons. The number of rotatable bonds is 26. The summed E-state index contributed by atoms with van der Waals surface area (Å²) in [6.45, 7) is 13.0. The highest BCUT2D eigenvalue weighted by molar-refractivity contribution is 6.29. The standard InChI is InChI=1S/C50H71ClN10O12/c1-12-29(6)42(34(72-10)26-39(66)60-24-16-19-33(60)43(73-11)30(7)44(67)52-32(47(70)71)25-31-17-14-13-15-18-31)59(9)46(69)40(27(2)3)54-45(68)41(28(4)5)58(8)36(63)21-20-35(62)53-49-55-48(51)56-50(57-49)61-37(64)22-23-38(61)65/h13-15,17-18,22-23,27-30,32-34,40-43H,12,16,19-21,24-26H2,1-11H3,(H,52,67)(H,54,68)(H,70,71)(H,53,55,56,57,62)/t29-,30+,32-,33-,34+,40-,41?,42?,43+/m0/s1. The van der Waals surface area contributed by atoms with Crippen molar-refractivity contribution < 1.29 is 57.7 Å². The number of anilines is 2. The molecule has 73 heavy (non-hydrogen) atoms. The number of amides is 8. The minimum Gasteiger partial charge on any atom is -0.480 e. The number of carbonyl (C=O) groups excluding carboxylic acids is 8. The summed E-state index contributed by atoms with van der Waals surface area (Å²) in [6, 6.07) is 4.49. The van der Waals surface area contributed by atoms with Crippen LogP contribution in [0.5, 0.6) is 0 Å². The highest BCUT2D eigenvalue weighted by Crippen LogP contribution is 2.30. The highest BCUT2D eigenvalue weighted by Gasteiger charge is 2.44. The number of carboxylic acid groups (broad SMARTS) is 1. The van der Waals surface area contributed by atoms with Gasteiger partial charge < -0.3 is 39.9 Å². The molecule has 8 amide bonds. The molecule has 1 aromatic carbocycles. The fourth-order valence-electron chi connectivity index (χ4n) is 9.39. The normalized spacial score (nSPS) is 17.9.